The molecule has 1 rings (SSSR count). The summed E-state index contributed by atoms with van der Waals surface area (Å²) in [5.74, 6) is -0.339. The van der Waals surface area contributed by atoms with Gasteiger partial charge in [0, 0.05) is 0 Å². The van der Waals surface area contributed by atoms with Gasteiger partial charge in [-0.1, -0.05) is 30.3 Å². The van der Waals surface area contributed by atoms with E-state index in [1.165, 1.54) is 0 Å². The van der Waals surface area contributed by atoms with Crippen LogP contribution in [0.2, 0.25) is 0 Å². The lowest BCUT2D eigenvalue weighted by atomic mass is 10.2. The van der Waals surface area contributed by atoms with E-state index in [1.54, 1.807) is 13.8 Å². The van der Waals surface area contributed by atoms with Gasteiger partial charge < -0.3 is 4.74 Å². The summed E-state index contributed by atoms with van der Waals surface area (Å²) in [5.41, 5.74) is 1.50. The molecule has 0 saturated heterocycles. The number of carbonyl (C=O) groups is 1. The van der Waals surface area contributed by atoms with Gasteiger partial charge in [-0.15, -0.1) is 0 Å². The average Bonchev–Trinajstić information content (AvgIpc) is 2.27. The molecule has 3 nitrogen and oxygen atoms in total. The molecule has 0 aromatic heterocycles. The van der Waals surface area contributed by atoms with Gasteiger partial charge in [-0.3, -0.25) is 4.99 Å². The molecule has 0 unspecified atom stereocenters. The van der Waals surface area contributed by atoms with Crippen molar-refractivity contribution in [3.63, 3.8) is 0 Å². The summed E-state index contributed by atoms with van der Waals surface area (Å²) in [6, 6.07) is 9.80. The van der Waals surface area contributed by atoms with Crippen LogP contribution in [0.1, 0.15) is 19.4 Å². The maximum atomic E-state index is 11.2. The highest BCUT2D eigenvalue weighted by Crippen LogP contribution is 2.00. The van der Waals surface area contributed by atoms with Crippen LogP contribution in [0.3, 0.4) is 0 Å². The molecule has 0 atom stereocenters. The normalized spacial score (nSPS) is 11.2. The van der Waals surface area contributed by atoms with E-state index in [9.17, 15) is 4.79 Å². The van der Waals surface area contributed by atoms with E-state index >= 15 is 0 Å². The third kappa shape index (κ3) is 3.94. The molecule has 80 valence electrons. The number of aliphatic imine (C=N–C) groups is 1. The Morgan fingerprint density at radius 1 is 1.33 bits per heavy atom. The van der Waals surface area contributed by atoms with Crippen LogP contribution in [0.4, 0.5) is 0 Å². The van der Waals surface area contributed by atoms with Crippen molar-refractivity contribution in [2.24, 2.45) is 4.99 Å². The van der Waals surface area contributed by atoms with Crippen LogP contribution in [-0.4, -0.2) is 18.3 Å². The number of nitrogens with zero attached hydrogens (tertiary/aromatic N) is 1. The second kappa shape index (κ2) is 5.96. The molecule has 0 aliphatic rings. The van der Waals surface area contributed by atoms with Gasteiger partial charge in [-0.2, -0.15) is 0 Å². The Kier molecular flexibility index (Phi) is 4.54. The van der Waals surface area contributed by atoms with E-state index in [-0.39, 0.29) is 5.97 Å². The largest absolute Gasteiger partial charge is 0.462 e. The topological polar surface area (TPSA) is 38.7 Å². The zero-order valence-corrected chi connectivity index (χ0v) is 9.06. The maximum Gasteiger partial charge on any atom is 0.351 e. The number of carbonyl (C=O) groups excluding carboxylic acids is 1. The highest BCUT2D eigenvalue weighted by molar-refractivity contribution is 6.35. The highest BCUT2D eigenvalue weighted by Gasteiger charge is 2.04. The molecule has 1 aromatic rings. The lowest BCUT2D eigenvalue weighted by Gasteiger charge is -2.01. The lowest BCUT2D eigenvalue weighted by molar-refractivity contribution is -0.135. The third-order valence-electron chi connectivity index (χ3n) is 1.91. The first kappa shape index (κ1) is 11.4. The summed E-state index contributed by atoms with van der Waals surface area (Å²) in [7, 11) is 0. The van der Waals surface area contributed by atoms with E-state index in [0.29, 0.717) is 18.9 Å². The van der Waals surface area contributed by atoms with Crippen molar-refractivity contribution in [2.45, 2.75) is 20.4 Å². The number of benzene rings is 1. The number of hydrogen-bond donors (Lipinski definition) is 0. The van der Waals surface area contributed by atoms with Gasteiger partial charge in [0.25, 0.3) is 0 Å². The number of ether oxygens (including phenoxy) is 1. The molecule has 0 aliphatic heterocycles. The molecular formula is C12H15NO2. The van der Waals surface area contributed by atoms with Gasteiger partial charge in [-0.25, -0.2) is 4.79 Å². The predicted molar refractivity (Wildman–Crippen MR) is 59.9 cm³/mol. The summed E-state index contributed by atoms with van der Waals surface area (Å²) in [4.78, 5) is 15.4. The maximum absolute atomic E-state index is 11.2. The van der Waals surface area contributed by atoms with Crippen LogP contribution in [0.25, 0.3) is 0 Å². The fraction of sp³-hybridized carbons (Fsp3) is 0.333. The summed E-state index contributed by atoms with van der Waals surface area (Å²) in [6.07, 6.45) is 0. The summed E-state index contributed by atoms with van der Waals surface area (Å²) in [6.45, 7) is 4.35. The molecule has 0 N–H and O–H groups in total. The number of esters is 1. The first-order chi connectivity index (χ1) is 7.24. The minimum Gasteiger partial charge on any atom is -0.462 e. The van der Waals surface area contributed by atoms with Gasteiger partial charge in [0.1, 0.15) is 5.71 Å². The molecule has 15 heavy (non-hydrogen) atoms. The van der Waals surface area contributed by atoms with Crippen LogP contribution >= 0.6 is 0 Å². The monoisotopic (exact) mass is 205 g/mol. The zero-order valence-electron chi connectivity index (χ0n) is 9.06. The van der Waals surface area contributed by atoms with Crippen LogP contribution in [0, 0.1) is 0 Å². The Morgan fingerprint density at radius 3 is 2.60 bits per heavy atom. The lowest BCUT2D eigenvalue weighted by Crippen LogP contribution is -2.14. The minimum atomic E-state index is -0.339. The fourth-order valence-electron chi connectivity index (χ4n) is 1.09. The fourth-order valence-corrected chi connectivity index (χ4v) is 1.09. The Hall–Kier alpha value is -1.64. The predicted octanol–water partition coefficient (Wildman–Crippen LogP) is 2.21. The Balaban J connectivity index is 2.54. The zero-order chi connectivity index (χ0) is 11.1. The van der Waals surface area contributed by atoms with Gasteiger partial charge >= 0.3 is 5.97 Å². The molecule has 0 spiro atoms. The third-order valence-corrected chi connectivity index (χ3v) is 1.91. The Labute approximate surface area is 89.8 Å². The van der Waals surface area contributed by atoms with Crippen LogP contribution in [0.15, 0.2) is 35.3 Å². The summed E-state index contributed by atoms with van der Waals surface area (Å²) in [5, 5.41) is 0. The summed E-state index contributed by atoms with van der Waals surface area (Å²) < 4.78 is 4.82. The van der Waals surface area contributed by atoms with E-state index in [4.69, 9.17) is 4.74 Å². The van der Waals surface area contributed by atoms with Gasteiger partial charge in [0.05, 0.1) is 13.2 Å². The van der Waals surface area contributed by atoms with Gasteiger partial charge in [0.15, 0.2) is 0 Å². The second-order valence-electron chi connectivity index (χ2n) is 3.11. The molecule has 0 saturated carbocycles. The van der Waals surface area contributed by atoms with E-state index in [0.717, 1.165) is 5.56 Å². The smallest absolute Gasteiger partial charge is 0.351 e. The second-order valence-corrected chi connectivity index (χ2v) is 3.11. The first-order valence-electron chi connectivity index (χ1n) is 4.96. The first-order valence-corrected chi connectivity index (χ1v) is 4.96. The van der Waals surface area contributed by atoms with Crippen molar-refractivity contribution in [2.75, 3.05) is 6.61 Å². The molecule has 0 fully saturated rings. The van der Waals surface area contributed by atoms with Gasteiger partial charge in [0.2, 0.25) is 0 Å². The van der Waals surface area contributed by atoms with Gasteiger partial charge in [-0.05, 0) is 19.4 Å². The standard InChI is InChI=1S/C12H15NO2/c1-3-15-12(14)10(2)13-9-11-7-5-4-6-8-11/h4-8H,3,9H2,1-2H3. The van der Waals surface area contributed by atoms with Crippen molar-refractivity contribution in [1.82, 2.24) is 0 Å². The summed E-state index contributed by atoms with van der Waals surface area (Å²) >= 11 is 0. The molecular weight excluding hydrogens is 190 g/mol. The highest BCUT2D eigenvalue weighted by atomic mass is 16.5. The Bertz CT molecular complexity index is 344. The molecule has 0 bridgehead atoms. The molecule has 0 amide bonds. The number of hydrogen-bond acceptors (Lipinski definition) is 3. The van der Waals surface area contributed by atoms with E-state index in [1.807, 2.05) is 30.3 Å². The van der Waals surface area contributed by atoms with Crippen LogP contribution in [-0.2, 0) is 16.1 Å². The minimum absolute atomic E-state index is 0.339. The molecule has 1 aromatic carbocycles. The Morgan fingerprint density at radius 2 is 2.00 bits per heavy atom. The van der Waals surface area contributed by atoms with Crippen LogP contribution < -0.4 is 0 Å². The molecule has 0 aliphatic carbocycles. The molecule has 0 heterocycles. The van der Waals surface area contributed by atoms with Crippen molar-refractivity contribution in [3.8, 4) is 0 Å². The van der Waals surface area contributed by atoms with Crippen molar-refractivity contribution in [3.05, 3.63) is 35.9 Å². The van der Waals surface area contributed by atoms with E-state index in [2.05, 4.69) is 4.99 Å². The van der Waals surface area contributed by atoms with Crippen molar-refractivity contribution >= 4 is 11.7 Å². The SMILES string of the molecule is CCOC(=O)C(C)=NCc1ccccc1. The number of rotatable bonds is 4. The van der Waals surface area contributed by atoms with Crippen molar-refractivity contribution < 1.29 is 9.53 Å². The molecule has 0 radical (unpaired) electrons. The molecule has 3 heteroatoms. The average molecular weight is 205 g/mol. The quantitative estimate of drug-likeness (QED) is 0.558. The van der Waals surface area contributed by atoms with Crippen LogP contribution in [0.5, 0.6) is 0 Å². The van der Waals surface area contributed by atoms with Crippen molar-refractivity contribution in [1.29, 1.82) is 0 Å². The van der Waals surface area contributed by atoms with E-state index < -0.39 is 0 Å².